The second-order valence-electron chi connectivity index (χ2n) is 4.65. The molecular formula is C18H16N2O3. The number of hydrogen-bond donors (Lipinski definition) is 2. The molecule has 5 heteroatoms. The first-order valence-electron chi connectivity index (χ1n) is 7.08. The van der Waals surface area contributed by atoms with E-state index in [1.807, 2.05) is 12.1 Å². The highest BCUT2D eigenvalue weighted by Gasteiger charge is 2.10. The molecule has 0 unspecified atom stereocenters. The zero-order valence-corrected chi connectivity index (χ0v) is 12.6. The maximum atomic E-state index is 12.1. The maximum Gasteiger partial charge on any atom is 0.266 e. The van der Waals surface area contributed by atoms with Gasteiger partial charge in [-0.25, -0.2) is 0 Å². The van der Waals surface area contributed by atoms with Crippen molar-refractivity contribution in [2.24, 2.45) is 0 Å². The SMILES string of the molecule is CCOc1cc(/C=C(/C#N)C(=O)Nc2ccccc2)ccc1O. The second kappa shape index (κ2) is 7.66. The molecule has 5 nitrogen and oxygen atoms in total. The van der Waals surface area contributed by atoms with E-state index in [0.717, 1.165) is 0 Å². The normalized spacial score (nSPS) is 10.7. The van der Waals surface area contributed by atoms with Crippen molar-refractivity contribution in [1.29, 1.82) is 5.26 Å². The first-order valence-corrected chi connectivity index (χ1v) is 7.08. The lowest BCUT2D eigenvalue weighted by atomic mass is 10.1. The van der Waals surface area contributed by atoms with E-state index in [1.54, 1.807) is 43.3 Å². The van der Waals surface area contributed by atoms with E-state index in [-0.39, 0.29) is 11.3 Å². The van der Waals surface area contributed by atoms with Crippen molar-refractivity contribution in [3.8, 4) is 17.6 Å². The van der Waals surface area contributed by atoms with Crippen LogP contribution in [0.1, 0.15) is 12.5 Å². The molecule has 0 aromatic heterocycles. The van der Waals surface area contributed by atoms with Gasteiger partial charge in [0.05, 0.1) is 6.61 Å². The molecule has 2 aromatic carbocycles. The predicted molar refractivity (Wildman–Crippen MR) is 87.9 cm³/mol. The Morgan fingerprint density at radius 3 is 2.70 bits per heavy atom. The molecule has 0 heterocycles. The topological polar surface area (TPSA) is 82.3 Å². The van der Waals surface area contributed by atoms with Gasteiger partial charge in [0.15, 0.2) is 11.5 Å². The summed E-state index contributed by atoms with van der Waals surface area (Å²) < 4.78 is 5.29. The lowest BCUT2D eigenvalue weighted by Gasteiger charge is -2.07. The third-order valence-electron chi connectivity index (χ3n) is 2.99. The van der Waals surface area contributed by atoms with E-state index in [2.05, 4.69) is 5.32 Å². The summed E-state index contributed by atoms with van der Waals surface area (Å²) in [5, 5.41) is 21.5. The van der Waals surface area contributed by atoms with Crippen molar-refractivity contribution >= 4 is 17.7 Å². The number of nitrogens with zero attached hydrogens (tertiary/aromatic N) is 1. The zero-order chi connectivity index (χ0) is 16.7. The number of aromatic hydroxyl groups is 1. The third-order valence-corrected chi connectivity index (χ3v) is 2.99. The summed E-state index contributed by atoms with van der Waals surface area (Å²) in [5.74, 6) is -0.178. The Hall–Kier alpha value is -3.26. The van der Waals surface area contributed by atoms with Crippen LogP contribution in [0.15, 0.2) is 54.1 Å². The Kier molecular flexibility index (Phi) is 5.37. The van der Waals surface area contributed by atoms with Gasteiger partial charge in [-0.1, -0.05) is 24.3 Å². The standard InChI is InChI=1S/C18H16N2O3/c1-2-23-17-11-13(8-9-16(17)21)10-14(12-19)18(22)20-15-6-4-3-5-7-15/h3-11,21H,2H2,1H3,(H,20,22)/b14-10-. The molecule has 0 fully saturated rings. The predicted octanol–water partition coefficient (Wildman–Crippen LogP) is 3.34. The first-order chi connectivity index (χ1) is 11.1. The molecule has 0 aliphatic rings. The molecule has 2 rings (SSSR count). The molecule has 0 aliphatic carbocycles. The smallest absolute Gasteiger partial charge is 0.266 e. The molecule has 0 saturated heterocycles. The highest BCUT2D eigenvalue weighted by atomic mass is 16.5. The van der Waals surface area contributed by atoms with Gasteiger partial charge in [-0.2, -0.15) is 5.26 Å². The number of benzene rings is 2. The van der Waals surface area contributed by atoms with Gasteiger partial charge >= 0.3 is 0 Å². The highest BCUT2D eigenvalue weighted by Crippen LogP contribution is 2.27. The zero-order valence-electron chi connectivity index (χ0n) is 12.6. The van der Waals surface area contributed by atoms with Crippen LogP contribution in [-0.2, 0) is 4.79 Å². The van der Waals surface area contributed by atoms with E-state index in [0.29, 0.717) is 23.6 Å². The summed E-state index contributed by atoms with van der Waals surface area (Å²) in [4.78, 5) is 12.1. The minimum Gasteiger partial charge on any atom is -0.504 e. The number of phenols is 1. The summed E-state index contributed by atoms with van der Waals surface area (Å²) in [5.41, 5.74) is 1.16. The van der Waals surface area contributed by atoms with Crippen LogP contribution in [0.2, 0.25) is 0 Å². The van der Waals surface area contributed by atoms with Crippen molar-refractivity contribution in [3.63, 3.8) is 0 Å². The summed E-state index contributed by atoms with van der Waals surface area (Å²) in [6.45, 7) is 2.20. The Bertz CT molecular complexity index is 762. The molecule has 116 valence electrons. The largest absolute Gasteiger partial charge is 0.504 e. The number of rotatable bonds is 5. The summed E-state index contributed by atoms with van der Waals surface area (Å²) in [6, 6.07) is 15.4. The molecule has 0 saturated carbocycles. The van der Waals surface area contributed by atoms with Crippen LogP contribution in [-0.4, -0.2) is 17.6 Å². The van der Waals surface area contributed by atoms with Gasteiger partial charge in [0.2, 0.25) is 0 Å². The van der Waals surface area contributed by atoms with Crippen molar-refractivity contribution < 1.29 is 14.6 Å². The van der Waals surface area contributed by atoms with Crippen LogP contribution in [0.4, 0.5) is 5.69 Å². The van der Waals surface area contributed by atoms with Crippen LogP contribution in [0.25, 0.3) is 6.08 Å². The van der Waals surface area contributed by atoms with Crippen molar-refractivity contribution in [2.75, 3.05) is 11.9 Å². The Morgan fingerprint density at radius 2 is 2.04 bits per heavy atom. The van der Waals surface area contributed by atoms with Crippen LogP contribution >= 0.6 is 0 Å². The van der Waals surface area contributed by atoms with Crippen LogP contribution in [0.3, 0.4) is 0 Å². The van der Waals surface area contributed by atoms with Crippen LogP contribution in [0.5, 0.6) is 11.5 Å². The molecule has 2 N–H and O–H groups in total. The number of phenolic OH excluding ortho intramolecular Hbond substituents is 1. The summed E-state index contributed by atoms with van der Waals surface area (Å²) in [6.07, 6.45) is 1.44. The second-order valence-corrected chi connectivity index (χ2v) is 4.65. The molecular weight excluding hydrogens is 292 g/mol. The number of ether oxygens (including phenoxy) is 1. The van der Waals surface area contributed by atoms with Crippen molar-refractivity contribution in [2.45, 2.75) is 6.92 Å². The van der Waals surface area contributed by atoms with Gasteiger partial charge in [-0.3, -0.25) is 4.79 Å². The quantitative estimate of drug-likeness (QED) is 0.655. The van der Waals surface area contributed by atoms with Crippen LogP contribution in [0, 0.1) is 11.3 Å². The first kappa shape index (κ1) is 16.1. The number of hydrogen-bond acceptors (Lipinski definition) is 4. The third kappa shape index (κ3) is 4.35. The molecule has 0 bridgehead atoms. The minimum atomic E-state index is -0.496. The van der Waals surface area contributed by atoms with Gasteiger partial charge in [-0.15, -0.1) is 0 Å². The number of anilines is 1. The average molecular weight is 308 g/mol. The van der Waals surface area contributed by atoms with Gasteiger partial charge in [-0.05, 0) is 42.8 Å². The van der Waals surface area contributed by atoms with Gasteiger partial charge in [0.25, 0.3) is 5.91 Å². The Morgan fingerprint density at radius 1 is 1.30 bits per heavy atom. The van der Waals surface area contributed by atoms with E-state index in [9.17, 15) is 15.2 Å². The molecule has 0 spiro atoms. The average Bonchev–Trinajstić information content (AvgIpc) is 2.56. The van der Waals surface area contributed by atoms with Gasteiger partial charge in [0.1, 0.15) is 11.6 Å². The van der Waals surface area contributed by atoms with Crippen molar-refractivity contribution in [1.82, 2.24) is 0 Å². The lowest BCUT2D eigenvalue weighted by molar-refractivity contribution is -0.112. The highest BCUT2D eigenvalue weighted by molar-refractivity contribution is 6.09. The summed E-state index contributed by atoms with van der Waals surface area (Å²) >= 11 is 0. The lowest BCUT2D eigenvalue weighted by Crippen LogP contribution is -2.13. The molecule has 1 amide bonds. The van der Waals surface area contributed by atoms with Gasteiger partial charge in [0, 0.05) is 5.69 Å². The molecule has 0 radical (unpaired) electrons. The number of carbonyl (C=O) groups is 1. The number of nitriles is 1. The number of nitrogens with one attached hydrogen (secondary N) is 1. The summed E-state index contributed by atoms with van der Waals surface area (Å²) in [7, 11) is 0. The Labute approximate surface area is 134 Å². The minimum absolute atomic E-state index is 0.0104. The monoisotopic (exact) mass is 308 g/mol. The van der Waals surface area contributed by atoms with Crippen molar-refractivity contribution in [3.05, 3.63) is 59.7 Å². The maximum absolute atomic E-state index is 12.1. The fourth-order valence-corrected chi connectivity index (χ4v) is 1.93. The number of para-hydroxylation sites is 1. The van der Waals surface area contributed by atoms with E-state index in [1.165, 1.54) is 12.1 Å². The Balaban J connectivity index is 2.23. The fraction of sp³-hybridized carbons (Fsp3) is 0.111. The number of amides is 1. The van der Waals surface area contributed by atoms with Gasteiger partial charge < -0.3 is 15.2 Å². The van der Waals surface area contributed by atoms with E-state index in [4.69, 9.17) is 4.74 Å². The molecule has 23 heavy (non-hydrogen) atoms. The molecule has 0 atom stereocenters. The number of carbonyl (C=O) groups excluding carboxylic acids is 1. The van der Waals surface area contributed by atoms with E-state index >= 15 is 0 Å². The molecule has 2 aromatic rings. The van der Waals surface area contributed by atoms with Crippen LogP contribution < -0.4 is 10.1 Å². The van der Waals surface area contributed by atoms with E-state index < -0.39 is 5.91 Å². The fourth-order valence-electron chi connectivity index (χ4n) is 1.93. The molecule has 0 aliphatic heterocycles.